The molecule has 6 heteroatoms. The number of hydrogen-bond donors (Lipinski definition) is 1. The highest BCUT2D eigenvalue weighted by atomic mass is 79.9. The highest BCUT2D eigenvalue weighted by molar-refractivity contribution is 9.10. The predicted octanol–water partition coefficient (Wildman–Crippen LogP) is 3.36. The molecule has 0 radical (unpaired) electrons. The van der Waals surface area contributed by atoms with E-state index in [0.29, 0.717) is 5.95 Å². The normalized spacial score (nSPS) is 11.0. The van der Waals surface area contributed by atoms with E-state index in [-0.39, 0.29) is 0 Å². The second kappa shape index (κ2) is 5.37. The van der Waals surface area contributed by atoms with E-state index in [0.717, 1.165) is 20.7 Å². The van der Waals surface area contributed by atoms with E-state index < -0.39 is 0 Å². The summed E-state index contributed by atoms with van der Waals surface area (Å²) in [5.41, 5.74) is 4.67. The Balaban J connectivity index is 2.04. The van der Waals surface area contributed by atoms with Gasteiger partial charge in [-0.1, -0.05) is 0 Å². The third kappa shape index (κ3) is 3.61. The zero-order valence-corrected chi connectivity index (χ0v) is 11.8. The van der Waals surface area contributed by atoms with Crippen LogP contribution in [0.2, 0.25) is 0 Å². The highest BCUT2D eigenvalue weighted by Crippen LogP contribution is 2.17. The van der Waals surface area contributed by atoms with E-state index in [1.54, 1.807) is 17.6 Å². The van der Waals surface area contributed by atoms with Gasteiger partial charge < -0.3 is 0 Å². The second-order valence-corrected chi connectivity index (χ2v) is 5.37. The van der Waals surface area contributed by atoms with Crippen molar-refractivity contribution in [3.8, 4) is 0 Å². The number of aryl methyl sites for hydroxylation is 2. The van der Waals surface area contributed by atoms with E-state index in [1.165, 1.54) is 0 Å². The summed E-state index contributed by atoms with van der Waals surface area (Å²) in [5.74, 6) is 0.523. The van der Waals surface area contributed by atoms with Gasteiger partial charge in [0.25, 0.3) is 0 Å². The minimum absolute atomic E-state index is 0.523. The average molecular weight is 311 g/mol. The molecule has 0 bridgehead atoms. The molecule has 0 aliphatic heterocycles. The van der Waals surface area contributed by atoms with Crippen molar-refractivity contribution in [3.05, 3.63) is 38.3 Å². The Kier molecular flexibility index (Phi) is 3.86. The number of thiophene rings is 1. The molecule has 4 nitrogen and oxygen atoms in total. The summed E-state index contributed by atoms with van der Waals surface area (Å²) in [4.78, 5) is 9.52. The topological polar surface area (TPSA) is 50.2 Å². The molecule has 0 fully saturated rings. The minimum Gasteiger partial charge on any atom is -0.245 e. The van der Waals surface area contributed by atoms with E-state index in [4.69, 9.17) is 0 Å². The van der Waals surface area contributed by atoms with Crippen LogP contribution in [0.3, 0.4) is 0 Å². The average Bonchev–Trinajstić information content (AvgIpc) is 2.63. The summed E-state index contributed by atoms with van der Waals surface area (Å²) in [5, 5.41) is 6.11. The summed E-state index contributed by atoms with van der Waals surface area (Å²) >= 11 is 5.01. The number of hydrazone groups is 1. The van der Waals surface area contributed by atoms with Crippen LogP contribution >= 0.6 is 27.3 Å². The smallest absolute Gasteiger partial charge is 0.243 e. The van der Waals surface area contributed by atoms with Gasteiger partial charge in [0.05, 0.1) is 6.21 Å². The van der Waals surface area contributed by atoms with Crippen LogP contribution in [0.25, 0.3) is 0 Å². The lowest BCUT2D eigenvalue weighted by Crippen LogP contribution is -1.99. The first kappa shape index (κ1) is 12.2. The van der Waals surface area contributed by atoms with Gasteiger partial charge in [-0.25, -0.2) is 15.4 Å². The first-order valence-corrected chi connectivity index (χ1v) is 6.66. The Labute approximate surface area is 112 Å². The number of rotatable bonds is 3. The molecular formula is C11H11BrN4S. The highest BCUT2D eigenvalue weighted by Gasteiger charge is 1.97. The van der Waals surface area contributed by atoms with Gasteiger partial charge in [-0.2, -0.15) is 5.10 Å². The van der Waals surface area contributed by atoms with Gasteiger partial charge in [-0.3, -0.25) is 0 Å². The van der Waals surface area contributed by atoms with Crippen LogP contribution in [0.1, 0.15) is 16.3 Å². The number of aromatic nitrogens is 2. The maximum atomic E-state index is 4.23. The van der Waals surface area contributed by atoms with Crippen molar-refractivity contribution in [2.24, 2.45) is 5.10 Å². The minimum atomic E-state index is 0.523. The van der Waals surface area contributed by atoms with Crippen molar-refractivity contribution in [3.63, 3.8) is 0 Å². The van der Waals surface area contributed by atoms with Crippen LogP contribution in [0, 0.1) is 13.8 Å². The van der Waals surface area contributed by atoms with E-state index >= 15 is 0 Å². The van der Waals surface area contributed by atoms with Gasteiger partial charge in [0, 0.05) is 26.1 Å². The van der Waals surface area contributed by atoms with Crippen molar-refractivity contribution in [2.45, 2.75) is 13.8 Å². The number of halogens is 1. The molecule has 2 aromatic heterocycles. The third-order valence-electron chi connectivity index (χ3n) is 1.93. The Hall–Kier alpha value is -1.27. The van der Waals surface area contributed by atoms with Crippen molar-refractivity contribution < 1.29 is 0 Å². The predicted molar refractivity (Wildman–Crippen MR) is 74.7 cm³/mol. The molecule has 2 heterocycles. The monoisotopic (exact) mass is 310 g/mol. The molecule has 0 spiro atoms. The van der Waals surface area contributed by atoms with Crippen molar-refractivity contribution >= 4 is 39.4 Å². The van der Waals surface area contributed by atoms with E-state index in [9.17, 15) is 0 Å². The molecule has 2 aromatic rings. The van der Waals surface area contributed by atoms with Crippen LogP contribution in [-0.4, -0.2) is 16.2 Å². The zero-order valence-electron chi connectivity index (χ0n) is 9.44. The SMILES string of the molecule is Cc1cc(C)nc(N/N=C/c2cc(Br)cs2)n1. The van der Waals surface area contributed by atoms with Crippen LogP contribution in [0.15, 0.2) is 27.1 Å². The molecule has 0 aromatic carbocycles. The standard InChI is InChI=1S/C11H11BrN4S/c1-7-3-8(2)15-11(14-7)16-13-5-10-4-9(12)6-17-10/h3-6H,1-2H3,(H,14,15,16)/b13-5+. The van der Waals surface area contributed by atoms with E-state index in [2.05, 4.69) is 36.4 Å². The molecule has 2 rings (SSSR count). The summed E-state index contributed by atoms with van der Waals surface area (Å²) in [7, 11) is 0. The third-order valence-corrected chi connectivity index (χ3v) is 3.55. The van der Waals surface area contributed by atoms with Gasteiger partial charge in [0.1, 0.15) is 0 Å². The largest absolute Gasteiger partial charge is 0.245 e. The molecule has 0 aliphatic rings. The lowest BCUT2D eigenvalue weighted by atomic mass is 10.4. The van der Waals surface area contributed by atoms with Gasteiger partial charge in [-0.05, 0) is 41.9 Å². The van der Waals surface area contributed by atoms with Crippen molar-refractivity contribution in [2.75, 3.05) is 5.43 Å². The molecule has 0 atom stereocenters. The molecular weight excluding hydrogens is 300 g/mol. The number of nitrogens with zero attached hydrogens (tertiary/aromatic N) is 3. The fraction of sp³-hybridized carbons (Fsp3) is 0.182. The number of nitrogens with one attached hydrogen (secondary N) is 1. The molecule has 0 amide bonds. The first-order valence-electron chi connectivity index (χ1n) is 4.99. The molecule has 17 heavy (non-hydrogen) atoms. The van der Waals surface area contributed by atoms with Crippen LogP contribution in [0.4, 0.5) is 5.95 Å². The summed E-state index contributed by atoms with van der Waals surface area (Å²) in [6.07, 6.45) is 1.75. The molecule has 0 saturated heterocycles. The Morgan fingerprint density at radius 2 is 2.00 bits per heavy atom. The number of hydrogen-bond acceptors (Lipinski definition) is 5. The molecule has 88 valence electrons. The summed E-state index contributed by atoms with van der Waals surface area (Å²) in [6, 6.07) is 3.92. The van der Waals surface area contributed by atoms with Gasteiger partial charge >= 0.3 is 0 Å². The summed E-state index contributed by atoms with van der Waals surface area (Å²) in [6.45, 7) is 3.86. The van der Waals surface area contributed by atoms with E-state index in [1.807, 2.05) is 31.4 Å². The van der Waals surface area contributed by atoms with Gasteiger partial charge in [0.2, 0.25) is 5.95 Å². The van der Waals surface area contributed by atoms with Crippen LogP contribution < -0.4 is 5.43 Å². The zero-order chi connectivity index (χ0) is 12.3. The maximum Gasteiger partial charge on any atom is 0.243 e. The quantitative estimate of drug-likeness (QED) is 0.698. The van der Waals surface area contributed by atoms with Crippen molar-refractivity contribution in [1.82, 2.24) is 9.97 Å². The van der Waals surface area contributed by atoms with Crippen molar-refractivity contribution in [1.29, 1.82) is 0 Å². The van der Waals surface area contributed by atoms with Crippen LogP contribution in [-0.2, 0) is 0 Å². The lowest BCUT2D eigenvalue weighted by Gasteiger charge is -2.00. The second-order valence-electron chi connectivity index (χ2n) is 3.51. The van der Waals surface area contributed by atoms with Crippen LogP contribution in [0.5, 0.6) is 0 Å². The first-order chi connectivity index (χ1) is 8.13. The fourth-order valence-electron chi connectivity index (χ4n) is 1.33. The van der Waals surface area contributed by atoms with Gasteiger partial charge in [-0.15, -0.1) is 11.3 Å². The maximum absolute atomic E-state index is 4.23. The molecule has 0 saturated carbocycles. The Morgan fingerprint density at radius 1 is 1.29 bits per heavy atom. The Bertz CT molecular complexity index is 530. The number of anilines is 1. The molecule has 0 aliphatic carbocycles. The molecule has 1 N–H and O–H groups in total. The summed E-state index contributed by atoms with van der Waals surface area (Å²) < 4.78 is 1.06. The fourth-order valence-corrected chi connectivity index (χ4v) is 2.63. The Morgan fingerprint density at radius 3 is 2.59 bits per heavy atom. The lowest BCUT2D eigenvalue weighted by molar-refractivity contribution is 1.04. The molecule has 0 unspecified atom stereocenters. The van der Waals surface area contributed by atoms with Gasteiger partial charge in [0.15, 0.2) is 0 Å².